The summed E-state index contributed by atoms with van der Waals surface area (Å²) in [6.07, 6.45) is 0.641. The zero-order valence-electron chi connectivity index (χ0n) is 11.9. The molecule has 2 rings (SSSR count). The fourth-order valence-electron chi connectivity index (χ4n) is 1.70. The van der Waals surface area contributed by atoms with E-state index >= 15 is 0 Å². The maximum atomic E-state index is 10.7. The largest absolute Gasteiger partial charge is 0.457 e. The van der Waals surface area contributed by atoms with Crippen LogP contribution in [0.4, 0.5) is 0 Å². The summed E-state index contributed by atoms with van der Waals surface area (Å²) in [6, 6.07) is 17.3. The van der Waals surface area contributed by atoms with E-state index in [1.807, 2.05) is 54.6 Å². The molecule has 0 aliphatic carbocycles. The number of carbonyl (C=O) groups excluding carboxylic acids is 1. The van der Waals surface area contributed by atoms with Gasteiger partial charge >= 0.3 is 0 Å². The molecule has 0 aliphatic rings. The van der Waals surface area contributed by atoms with Crippen LogP contribution >= 0.6 is 0 Å². The molecule has 0 aliphatic heterocycles. The van der Waals surface area contributed by atoms with Crippen LogP contribution in [0.2, 0.25) is 0 Å². The highest BCUT2D eigenvalue weighted by molar-refractivity contribution is 5.72. The zero-order valence-corrected chi connectivity index (χ0v) is 11.9. The number of carbonyl (C=O) groups is 1. The molecule has 1 amide bonds. The maximum absolute atomic E-state index is 10.7. The highest BCUT2D eigenvalue weighted by atomic mass is 16.5. The Kier molecular flexibility index (Phi) is 5.42. The van der Waals surface area contributed by atoms with Crippen molar-refractivity contribution >= 4 is 5.91 Å². The van der Waals surface area contributed by atoms with Crippen molar-refractivity contribution in [2.45, 2.75) is 13.3 Å². The lowest BCUT2D eigenvalue weighted by Gasteiger charge is -2.04. The van der Waals surface area contributed by atoms with Gasteiger partial charge < -0.3 is 10.1 Å². The van der Waals surface area contributed by atoms with E-state index < -0.39 is 0 Å². The van der Waals surface area contributed by atoms with Crippen LogP contribution in [-0.2, 0) is 4.79 Å². The Morgan fingerprint density at radius 1 is 1.05 bits per heavy atom. The van der Waals surface area contributed by atoms with Crippen molar-refractivity contribution in [1.29, 1.82) is 0 Å². The third-order valence-electron chi connectivity index (χ3n) is 2.69. The minimum Gasteiger partial charge on any atom is -0.457 e. The number of benzene rings is 2. The summed E-state index contributed by atoms with van der Waals surface area (Å²) in [7, 11) is 0. The van der Waals surface area contributed by atoms with Crippen LogP contribution in [0, 0.1) is 11.8 Å². The van der Waals surface area contributed by atoms with Crippen molar-refractivity contribution < 1.29 is 9.53 Å². The second-order valence-corrected chi connectivity index (χ2v) is 4.47. The van der Waals surface area contributed by atoms with Gasteiger partial charge in [-0.25, -0.2) is 0 Å². The normalized spacial score (nSPS) is 9.38. The average Bonchev–Trinajstić information content (AvgIpc) is 2.49. The molecular weight excluding hydrogens is 262 g/mol. The van der Waals surface area contributed by atoms with Crippen molar-refractivity contribution in [2.75, 3.05) is 6.54 Å². The van der Waals surface area contributed by atoms with Crippen LogP contribution in [0.3, 0.4) is 0 Å². The van der Waals surface area contributed by atoms with Crippen LogP contribution in [0.1, 0.15) is 18.9 Å². The summed E-state index contributed by atoms with van der Waals surface area (Å²) in [5.41, 5.74) is 0.929. The first kappa shape index (κ1) is 14.7. The molecule has 0 radical (unpaired) electrons. The number of hydrogen-bond acceptors (Lipinski definition) is 2. The van der Waals surface area contributed by atoms with Crippen molar-refractivity contribution in [3.8, 4) is 23.3 Å². The molecule has 0 aromatic heterocycles. The Morgan fingerprint density at radius 3 is 2.38 bits per heavy atom. The van der Waals surface area contributed by atoms with Crippen molar-refractivity contribution in [3.05, 3.63) is 60.2 Å². The minimum atomic E-state index is -0.0285. The predicted octanol–water partition coefficient (Wildman–Crippen LogP) is 3.36. The number of rotatable bonds is 4. The molecule has 0 atom stereocenters. The smallest absolute Gasteiger partial charge is 0.216 e. The molecule has 0 heterocycles. The second kappa shape index (κ2) is 7.76. The molecule has 0 saturated carbocycles. The van der Waals surface area contributed by atoms with Gasteiger partial charge in [-0.3, -0.25) is 4.79 Å². The van der Waals surface area contributed by atoms with Crippen molar-refractivity contribution in [1.82, 2.24) is 5.32 Å². The van der Waals surface area contributed by atoms with Gasteiger partial charge in [0.1, 0.15) is 11.5 Å². The number of amides is 1. The van der Waals surface area contributed by atoms with Crippen LogP contribution in [0.5, 0.6) is 11.5 Å². The molecule has 0 unspecified atom stereocenters. The lowest BCUT2D eigenvalue weighted by Crippen LogP contribution is -2.20. The fourth-order valence-corrected chi connectivity index (χ4v) is 1.70. The summed E-state index contributed by atoms with van der Waals surface area (Å²) in [5, 5.41) is 2.71. The van der Waals surface area contributed by atoms with Gasteiger partial charge in [0.25, 0.3) is 0 Å². The lowest BCUT2D eigenvalue weighted by atomic mass is 10.2. The van der Waals surface area contributed by atoms with E-state index in [0.29, 0.717) is 13.0 Å². The Labute approximate surface area is 125 Å². The van der Waals surface area contributed by atoms with E-state index in [1.165, 1.54) is 6.92 Å². The molecular formula is C18H17NO2. The van der Waals surface area contributed by atoms with Gasteiger partial charge in [-0.2, -0.15) is 0 Å². The Bertz CT molecular complexity index is 636. The van der Waals surface area contributed by atoms with Gasteiger partial charge in [-0.15, -0.1) is 0 Å². The first-order valence-corrected chi connectivity index (χ1v) is 6.80. The van der Waals surface area contributed by atoms with Gasteiger partial charge in [0.15, 0.2) is 0 Å². The summed E-state index contributed by atoms with van der Waals surface area (Å²) in [6.45, 7) is 2.08. The van der Waals surface area contributed by atoms with E-state index in [1.54, 1.807) is 0 Å². The quantitative estimate of drug-likeness (QED) is 0.688. The molecule has 0 spiro atoms. The Balaban J connectivity index is 1.87. The summed E-state index contributed by atoms with van der Waals surface area (Å²) in [5.74, 6) is 7.64. The average molecular weight is 279 g/mol. The number of hydrogen-bond donors (Lipinski definition) is 1. The summed E-state index contributed by atoms with van der Waals surface area (Å²) in [4.78, 5) is 10.7. The summed E-state index contributed by atoms with van der Waals surface area (Å²) < 4.78 is 5.71. The fraction of sp³-hybridized carbons (Fsp3) is 0.167. The maximum Gasteiger partial charge on any atom is 0.216 e. The molecule has 21 heavy (non-hydrogen) atoms. The van der Waals surface area contributed by atoms with Gasteiger partial charge in [-0.05, 0) is 36.4 Å². The van der Waals surface area contributed by atoms with E-state index in [9.17, 15) is 4.79 Å². The molecule has 2 aromatic carbocycles. The highest BCUT2D eigenvalue weighted by Gasteiger charge is 1.95. The molecule has 1 N–H and O–H groups in total. The highest BCUT2D eigenvalue weighted by Crippen LogP contribution is 2.20. The standard InChI is InChI=1S/C18H17NO2/c1-15(20)19-14-6-5-7-16-10-12-18(13-11-16)21-17-8-3-2-4-9-17/h2-4,8-13H,6,14H2,1H3,(H,19,20). The second-order valence-electron chi connectivity index (χ2n) is 4.47. The molecule has 0 bridgehead atoms. The lowest BCUT2D eigenvalue weighted by molar-refractivity contribution is -0.118. The zero-order chi connectivity index (χ0) is 14.9. The number of ether oxygens (including phenoxy) is 1. The van der Waals surface area contributed by atoms with Crippen LogP contribution in [0.25, 0.3) is 0 Å². The third-order valence-corrected chi connectivity index (χ3v) is 2.69. The number of para-hydroxylation sites is 1. The third kappa shape index (κ3) is 5.42. The van der Waals surface area contributed by atoms with Gasteiger partial charge in [0.2, 0.25) is 5.91 Å². The number of nitrogens with one attached hydrogen (secondary N) is 1. The molecule has 3 nitrogen and oxygen atoms in total. The monoisotopic (exact) mass is 279 g/mol. The predicted molar refractivity (Wildman–Crippen MR) is 83.1 cm³/mol. The van der Waals surface area contributed by atoms with Gasteiger partial charge in [-0.1, -0.05) is 30.0 Å². The van der Waals surface area contributed by atoms with Gasteiger partial charge in [0.05, 0.1) is 0 Å². The molecule has 2 aromatic rings. The minimum absolute atomic E-state index is 0.0285. The Hall–Kier alpha value is -2.73. The molecule has 0 saturated heterocycles. The van der Waals surface area contributed by atoms with E-state index in [4.69, 9.17) is 4.74 Å². The Morgan fingerprint density at radius 2 is 1.71 bits per heavy atom. The van der Waals surface area contributed by atoms with Crippen LogP contribution < -0.4 is 10.1 Å². The van der Waals surface area contributed by atoms with Crippen LogP contribution in [0.15, 0.2) is 54.6 Å². The SMILES string of the molecule is CC(=O)NCCC#Cc1ccc(Oc2ccccc2)cc1. The van der Waals surface area contributed by atoms with Gasteiger partial charge in [0, 0.05) is 25.5 Å². The van der Waals surface area contributed by atoms with E-state index in [2.05, 4.69) is 17.2 Å². The molecule has 3 heteroatoms. The topological polar surface area (TPSA) is 38.3 Å². The van der Waals surface area contributed by atoms with E-state index in [0.717, 1.165) is 17.1 Å². The summed E-state index contributed by atoms with van der Waals surface area (Å²) >= 11 is 0. The van der Waals surface area contributed by atoms with Crippen LogP contribution in [-0.4, -0.2) is 12.5 Å². The molecule has 106 valence electrons. The van der Waals surface area contributed by atoms with Crippen molar-refractivity contribution in [2.24, 2.45) is 0 Å². The van der Waals surface area contributed by atoms with Crippen molar-refractivity contribution in [3.63, 3.8) is 0 Å². The molecule has 0 fully saturated rings. The first-order chi connectivity index (χ1) is 10.2. The first-order valence-electron chi connectivity index (χ1n) is 6.80. The van der Waals surface area contributed by atoms with E-state index in [-0.39, 0.29) is 5.91 Å².